The van der Waals surface area contributed by atoms with Crippen LogP contribution in [0, 0.1) is 6.92 Å². The lowest BCUT2D eigenvalue weighted by atomic mass is 10.2. The van der Waals surface area contributed by atoms with Gasteiger partial charge >= 0.3 is 0 Å². The molecule has 0 saturated heterocycles. The second-order valence-electron chi connectivity index (χ2n) is 5.60. The van der Waals surface area contributed by atoms with E-state index in [1.807, 2.05) is 43.6 Å². The summed E-state index contributed by atoms with van der Waals surface area (Å²) in [4.78, 5) is 23.0. The lowest BCUT2D eigenvalue weighted by molar-refractivity contribution is 0.682. The van der Waals surface area contributed by atoms with E-state index in [4.69, 9.17) is 9.97 Å². The lowest BCUT2D eigenvalue weighted by Gasteiger charge is -2.17. The predicted octanol–water partition coefficient (Wildman–Crippen LogP) is 3.40. The minimum absolute atomic E-state index is 0.767. The van der Waals surface area contributed by atoms with E-state index < -0.39 is 0 Å². The first-order valence-corrected chi connectivity index (χ1v) is 8.35. The summed E-state index contributed by atoms with van der Waals surface area (Å²) in [5.41, 5.74) is 2.97. The van der Waals surface area contributed by atoms with Crippen molar-refractivity contribution < 1.29 is 0 Å². The summed E-state index contributed by atoms with van der Waals surface area (Å²) in [5, 5.41) is 1.05. The maximum Gasteiger partial charge on any atom is 0.161 e. The Labute approximate surface area is 137 Å². The van der Waals surface area contributed by atoms with Gasteiger partial charge in [0.25, 0.3) is 0 Å². The molecule has 2 aliphatic rings. The van der Waals surface area contributed by atoms with E-state index in [0.29, 0.717) is 0 Å². The van der Waals surface area contributed by atoms with Crippen LogP contribution >= 0.6 is 11.3 Å². The summed E-state index contributed by atoms with van der Waals surface area (Å²) >= 11 is 1.66. The highest BCUT2D eigenvalue weighted by atomic mass is 32.1. The molecule has 1 aromatic carbocycles. The number of hydrogen-bond acceptors (Lipinski definition) is 6. The molecule has 0 atom stereocenters. The molecule has 0 N–H and O–H groups in total. The second-order valence-corrected chi connectivity index (χ2v) is 6.60. The van der Waals surface area contributed by atoms with Crippen molar-refractivity contribution >= 4 is 39.4 Å². The number of thiophene rings is 1. The average Bonchev–Trinajstić information content (AvgIpc) is 3.19. The minimum Gasteiger partial charge on any atom is -0.314 e. The second kappa shape index (κ2) is 4.70. The van der Waals surface area contributed by atoms with Gasteiger partial charge in [0, 0.05) is 12.1 Å². The van der Waals surface area contributed by atoms with E-state index in [1.165, 1.54) is 0 Å². The molecule has 0 spiro atoms. The molecule has 0 radical (unpaired) electrons. The molecule has 2 aromatic heterocycles. The first-order chi connectivity index (χ1) is 11.3. The van der Waals surface area contributed by atoms with Crippen LogP contribution in [0.2, 0.25) is 0 Å². The van der Waals surface area contributed by atoms with Crippen molar-refractivity contribution in [2.24, 2.45) is 9.98 Å². The fraction of sp³-hybridized carbons (Fsp3) is 0.176. The highest BCUT2D eigenvalue weighted by Gasteiger charge is 2.28. The summed E-state index contributed by atoms with van der Waals surface area (Å²) < 4.78 is 0. The maximum absolute atomic E-state index is 4.79. The molecule has 23 heavy (non-hydrogen) atoms. The van der Waals surface area contributed by atoms with Crippen LogP contribution in [-0.2, 0) is 0 Å². The van der Waals surface area contributed by atoms with Gasteiger partial charge in [0.05, 0.1) is 34.5 Å². The number of fused-ring (bicyclic) bond motifs is 5. The van der Waals surface area contributed by atoms with Gasteiger partial charge in [-0.2, -0.15) is 0 Å². The highest BCUT2D eigenvalue weighted by molar-refractivity contribution is 7.21. The number of rotatable bonds is 1. The molecular weight excluding hydrogens is 306 g/mol. The number of hydrogen-bond donors (Lipinski definition) is 0. The number of aryl methyl sites for hydroxylation is 1. The molecular formula is C17H13N5S. The van der Waals surface area contributed by atoms with Gasteiger partial charge < -0.3 is 4.90 Å². The lowest BCUT2D eigenvalue weighted by Crippen LogP contribution is -2.28. The van der Waals surface area contributed by atoms with Crippen molar-refractivity contribution in [1.29, 1.82) is 0 Å². The van der Waals surface area contributed by atoms with Crippen LogP contribution in [0.4, 0.5) is 5.69 Å². The third kappa shape index (κ3) is 1.85. The van der Waals surface area contributed by atoms with Gasteiger partial charge in [-0.1, -0.05) is 30.3 Å². The zero-order chi connectivity index (χ0) is 15.4. The van der Waals surface area contributed by atoms with Crippen LogP contribution in [-0.4, -0.2) is 40.1 Å². The predicted molar refractivity (Wildman–Crippen MR) is 93.9 cm³/mol. The summed E-state index contributed by atoms with van der Waals surface area (Å²) in [7, 11) is 0. The Morgan fingerprint density at radius 1 is 1.13 bits per heavy atom. The van der Waals surface area contributed by atoms with Crippen LogP contribution in [0.25, 0.3) is 21.6 Å². The third-order valence-corrected chi connectivity index (χ3v) is 5.21. The third-order valence-electron chi connectivity index (χ3n) is 4.14. The molecule has 5 nitrogen and oxygen atoms in total. The molecule has 112 valence electrons. The van der Waals surface area contributed by atoms with Crippen molar-refractivity contribution in [3.05, 3.63) is 40.9 Å². The van der Waals surface area contributed by atoms with E-state index in [0.717, 1.165) is 56.8 Å². The van der Waals surface area contributed by atoms with E-state index >= 15 is 0 Å². The summed E-state index contributed by atoms with van der Waals surface area (Å²) in [6.07, 6.45) is 1.88. The quantitative estimate of drug-likeness (QED) is 0.691. The van der Waals surface area contributed by atoms with Crippen molar-refractivity contribution in [3.8, 4) is 11.4 Å². The van der Waals surface area contributed by atoms with Crippen LogP contribution in [0.1, 0.15) is 10.6 Å². The number of amidine groups is 1. The van der Waals surface area contributed by atoms with Gasteiger partial charge in [0.2, 0.25) is 0 Å². The molecule has 4 heterocycles. The Kier molecular flexibility index (Phi) is 2.63. The van der Waals surface area contributed by atoms with Gasteiger partial charge in [0.1, 0.15) is 10.7 Å². The largest absolute Gasteiger partial charge is 0.314 e. The standard InChI is InChI=1S/C17H13N5S/c1-10-12-13-14(16-18-7-8-22(16)9-19-13)23-17(12)21-15(20-10)11-5-3-2-4-6-11/h2-6,9H,7-8H2,1H3. The summed E-state index contributed by atoms with van der Waals surface area (Å²) in [5.74, 6) is 1.79. The first kappa shape index (κ1) is 12.9. The van der Waals surface area contributed by atoms with Gasteiger partial charge in [-0.25, -0.2) is 15.0 Å². The fourth-order valence-corrected chi connectivity index (χ4v) is 4.24. The number of nitrogens with zero attached hydrogens (tertiary/aromatic N) is 5. The molecule has 2 aliphatic heterocycles. The maximum atomic E-state index is 4.79. The van der Waals surface area contributed by atoms with Crippen molar-refractivity contribution in [2.45, 2.75) is 6.92 Å². The Morgan fingerprint density at radius 2 is 2.00 bits per heavy atom. The Morgan fingerprint density at radius 3 is 2.87 bits per heavy atom. The molecule has 0 saturated carbocycles. The Bertz CT molecular complexity index is 987. The monoisotopic (exact) mass is 319 g/mol. The van der Waals surface area contributed by atoms with E-state index in [-0.39, 0.29) is 0 Å². The zero-order valence-corrected chi connectivity index (χ0v) is 13.3. The smallest absolute Gasteiger partial charge is 0.161 e. The first-order valence-electron chi connectivity index (χ1n) is 7.53. The van der Waals surface area contributed by atoms with Gasteiger partial charge in [0.15, 0.2) is 5.82 Å². The topological polar surface area (TPSA) is 53.7 Å². The zero-order valence-electron chi connectivity index (χ0n) is 12.5. The Balaban J connectivity index is 1.77. The van der Waals surface area contributed by atoms with Gasteiger partial charge in [-0.15, -0.1) is 11.3 Å². The molecule has 6 heteroatoms. The molecule has 0 amide bonds. The van der Waals surface area contributed by atoms with Crippen molar-refractivity contribution in [3.63, 3.8) is 0 Å². The van der Waals surface area contributed by atoms with Gasteiger partial charge in [-0.05, 0) is 6.92 Å². The molecule has 0 aliphatic carbocycles. The SMILES string of the molecule is Cc1nc(-c2ccccc2)nc2sc3c(c12)N=CN1CCN=C31. The number of benzene rings is 1. The van der Waals surface area contributed by atoms with Crippen LogP contribution in [0.3, 0.4) is 0 Å². The van der Waals surface area contributed by atoms with Crippen molar-refractivity contribution in [1.82, 2.24) is 14.9 Å². The van der Waals surface area contributed by atoms with Gasteiger partial charge in [-0.3, -0.25) is 4.99 Å². The summed E-state index contributed by atoms with van der Waals surface area (Å²) in [6, 6.07) is 10.1. The van der Waals surface area contributed by atoms with E-state index in [2.05, 4.69) is 14.9 Å². The van der Waals surface area contributed by atoms with E-state index in [9.17, 15) is 0 Å². The normalized spacial score (nSPS) is 15.7. The van der Waals surface area contributed by atoms with Crippen LogP contribution < -0.4 is 0 Å². The molecule has 0 unspecified atom stereocenters. The highest BCUT2D eigenvalue weighted by Crippen LogP contribution is 2.42. The number of aromatic nitrogens is 2. The number of aliphatic imine (C=N–C) groups is 2. The average molecular weight is 319 g/mol. The molecule has 0 bridgehead atoms. The fourth-order valence-electron chi connectivity index (χ4n) is 3.05. The van der Waals surface area contributed by atoms with E-state index in [1.54, 1.807) is 11.3 Å². The Hall–Kier alpha value is -2.60. The molecule has 3 aromatic rings. The van der Waals surface area contributed by atoms with Crippen molar-refractivity contribution in [2.75, 3.05) is 13.1 Å². The van der Waals surface area contributed by atoms with Crippen LogP contribution in [0.15, 0.2) is 40.3 Å². The molecule has 0 fully saturated rings. The minimum atomic E-state index is 0.767. The molecule has 5 rings (SSSR count). The van der Waals surface area contributed by atoms with Crippen LogP contribution in [0.5, 0.6) is 0 Å². The summed E-state index contributed by atoms with van der Waals surface area (Å²) in [6.45, 7) is 3.77.